The standard InChI is InChI=1S/C23H38O5/c1-13-7-9-19-15(3)22(26-12-16-5-4-6-17(11-16)21(24)25)28-23-20(19)18(13)10-8-14(2)27-23/h13-20,22-23H,4-12H2,1-3H3,(H,24,25)/t13-,14?,15-,16+,17-,18+,19+,20?,22+,23+/m1/s1. The average molecular weight is 395 g/mol. The van der Waals surface area contributed by atoms with Gasteiger partial charge in [0.05, 0.1) is 18.6 Å². The molecule has 0 bridgehead atoms. The minimum atomic E-state index is -0.655. The summed E-state index contributed by atoms with van der Waals surface area (Å²) in [5, 5.41) is 9.33. The normalized spacial score (nSPS) is 49.1. The van der Waals surface area contributed by atoms with Crippen LogP contribution in [0.4, 0.5) is 0 Å². The smallest absolute Gasteiger partial charge is 0.306 e. The van der Waals surface area contributed by atoms with E-state index >= 15 is 0 Å². The monoisotopic (exact) mass is 394 g/mol. The summed E-state index contributed by atoms with van der Waals surface area (Å²) in [6, 6.07) is 0. The van der Waals surface area contributed by atoms with Gasteiger partial charge in [-0.2, -0.15) is 0 Å². The van der Waals surface area contributed by atoms with Crippen LogP contribution in [0, 0.1) is 41.4 Å². The second-order valence-electron chi connectivity index (χ2n) is 10.1. The van der Waals surface area contributed by atoms with Gasteiger partial charge in [0.1, 0.15) is 0 Å². The fraction of sp³-hybridized carbons (Fsp3) is 0.957. The van der Waals surface area contributed by atoms with Gasteiger partial charge in [-0.15, -0.1) is 0 Å². The highest BCUT2D eigenvalue weighted by Gasteiger charge is 2.52. The van der Waals surface area contributed by atoms with Crippen molar-refractivity contribution in [1.29, 1.82) is 0 Å². The number of carbonyl (C=O) groups is 1. The molecule has 10 atom stereocenters. The summed E-state index contributed by atoms with van der Waals surface area (Å²) in [5.74, 6) is 2.39. The van der Waals surface area contributed by atoms with E-state index in [2.05, 4.69) is 20.8 Å². The number of hydrogen-bond donors (Lipinski definition) is 1. The van der Waals surface area contributed by atoms with Gasteiger partial charge < -0.3 is 19.3 Å². The minimum absolute atomic E-state index is 0.144. The first-order chi connectivity index (χ1) is 13.4. The molecule has 0 amide bonds. The molecule has 5 nitrogen and oxygen atoms in total. The first-order valence-corrected chi connectivity index (χ1v) is 11.6. The van der Waals surface area contributed by atoms with Crippen LogP contribution >= 0.6 is 0 Å². The third-order valence-corrected chi connectivity index (χ3v) is 8.26. The largest absolute Gasteiger partial charge is 0.481 e. The lowest BCUT2D eigenvalue weighted by Gasteiger charge is -2.52. The summed E-state index contributed by atoms with van der Waals surface area (Å²) >= 11 is 0. The van der Waals surface area contributed by atoms with Gasteiger partial charge in [-0.3, -0.25) is 4.79 Å². The van der Waals surface area contributed by atoms with E-state index in [1.807, 2.05) is 0 Å². The molecule has 0 aromatic rings. The molecular weight excluding hydrogens is 356 g/mol. The Morgan fingerprint density at radius 3 is 2.57 bits per heavy atom. The summed E-state index contributed by atoms with van der Waals surface area (Å²) in [5.41, 5.74) is 0. The number of carboxylic acid groups (broad SMARTS) is 1. The molecule has 28 heavy (non-hydrogen) atoms. The van der Waals surface area contributed by atoms with Crippen LogP contribution in [0.5, 0.6) is 0 Å². The van der Waals surface area contributed by atoms with Gasteiger partial charge in [0.25, 0.3) is 0 Å². The van der Waals surface area contributed by atoms with Crippen LogP contribution in [-0.4, -0.2) is 36.4 Å². The molecule has 4 rings (SSSR count). The van der Waals surface area contributed by atoms with Gasteiger partial charge >= 0.3 is 5.97 Å². The maximum Gasteiger partial charge on any atom is 0.306 e. The van der Waals surface area contributed by atoms with Crippen LogP contribution in [0.3, 0.4) is 0 Å². The molecule has 2 unspecified atom stereocenters. The van der Waals surface area contributed by atoms with Crippen molar-refractivity contribution in [2.45, 2.75) is 90.8 Å². The fourth-order valence-electron chi connectivity index (χ4n) is 6.54. The maximum absolute atomic E-state index is 11.3. The average Bonchev–Trinajstić information content (AvgIpc) is 2.84. The highest BCUT2D eigenvalue weighted by molar-refractivity contribution is 5.70. The lowest BCUT2D eigenvalue weighted by molar-refractivity contribution is -0.335. The fourth-order valence-corrected chi connectivity index (χ4v) is 6.54. The second kappa shape index (κ2) is 8.61. The Kier molecular flexibility index (Phi) is 6.34. The molecule has 2 aliphatic heterocycles. The van der Waals surface area contributed by atoms with E-state index in [-0.39, 0.29) is 24.6 Å². The Hall–Kier alpha value is -0.650. The van der Waals surface area contributed by atoms with Crippen LogP contribution < -0.4 is 0 Å². The molecule has 4 aliphatic rings. The third-order valence-electron chi connectivity index (χ3n) is 8.26. The van der Waals surface area contributed by atoms with E-state index in [1.165, 1.54) is 19.3 Å². The summed E-state index contributed by atoms with van der Waals surface area (Å²) in [4.78, 5) is 11.3. The minimum Gasteiger partial charge on any atom is -0.481 e. The van der Waals surface area contributed by atoms with Gasteiger partial charge in [-0.1, -0.05) is 26.7 Å². The van der Waals surface area contributed by atoms with Gasteiger partial charge in [0, 0.05) is 11.8 Å². The molecule has 2 saturated carbocycles. The maximum atomic E-state index is 11.3. The Bertz CT molecular complexity index is 551. The Morgan fingerprint density at radius 2 is 1.79 bits per heavy atom. The van der Waals surface area contributed by atoms with Gasteiger partial charge in [0.2, 0.25) is 0 Å². The zero-order valence-electron chi connectivity index (χ0n) is 17.7. The van der Waals surface area contributed by atoms with Crippen molar-refractivity contribution in [3.63, 3.8) is 0 Å². The third kappa shape index (κ3) is 4.13. The Labute approximate surface area is 169 Å². The lowest BCUT2D eigenvalue weighted by Crippen LogP contribution is -2.54. The lowest BCUT2D eigenvalue weighted by atomic mass is 9.61. The van der Waals surface area contributed by atoms with Crippen molar-refractivity contribution in [2.24, 2.45) is 41.4 Å². The zero-order valence-corrected chi connectivity index (χ0v) is 17.7. The van der Waals surface area contributed by atoms with Crippen LogP contribution in [0.25, 0.3) is 0 Å². The van der Waals surface area contributed by atoms with Crippen LogP contribution in [0.1, 0.15) is 72.1 Å². The van der Waals surface area contributed by atoms with Crippen molar-refractivity contribution in [3.8, 4) is 0 Å². The molecule has 0 aromatic carbocycles. The van der Waals surface area contributed by atoms with Crippen molar-refractivity contribution < 1.29 is 24.1 Å². The van der Waals surface area contributed by atoms with Crippen molar-refractivity contribution in [1.82, 2.24) is 0 Å². The van der Waals surface area contributed by atoms with Crippen LogP contribution in [0.2, 0.25) is 0 Å². The van der Waals surface area contributed by atoms with Gasteiger partial charge in [0.15, 0.2) is 12.6 Å². The van der Waals surface area contributed by atoms with E-state index in [1.54, 1.807) is 0 Å². The summed E-state index contributed by atoms with van der Waals surface area (Å²) in [6.45, 7) is 7.47. The number of rotatable bonds is 4. The van der Waals surface area contributed by atoms with E-state index < -0.39 is 5.97 Å². The molecule has 5 heteroatoms. The van der Waals surface area contributed by atoms with Gasteiger partial charge in [-0.05, 0) is 69.1 Å². The highest BCUT2D eigenvalue weighted by Crippen LogP contribution is 2.52. The molecular formula is C23H38O5. The first kappa shape index (κ1) is 20.6. The van der Waals surface area contributed by atoms with Gasteiger partial charge in [-0.25, -0.2) is 0 Å². The summed E-state index contributed by atoms with van der Waals surface area (Å²) in [6.07, 6.45) is 8.37. The number of hydrogen-bond acceptors (Lipinski definition) is 4. The zero-order chi connectivity index (χ0) is 19.8. The second-order valence-corrected chi connectivity index (χ2v) is 10.1. The van der Waals surface area contributed by atoms with E-state index in [4.69, 9.17) is 14.2 Å². The van der Waals surface area contributed by atoms with Crippen LogP contribution in [-0.2, 0) is 19.0 Å². The quantitative estimate of drug-likeness (QED) is 0.749. The molecule has 0 radical (unpaired) electrons. The molecule has 160 valence electrons. The van der Waals surface area contributed by atoms with E-state index in [0.29, 0.717) is 36.2 Å². The molecule has 4 fully saturated rings. The van der Waals surface area contributed by atoms with Crippen molar-refractivity contribution in [3.05, 3.63) is 0 Å². The summed E-state index contributed by atoms with van der Waals surface area (Å²) in [7, 11) is 0. The predicted molar refractivity (Wildman–Crippen MR) is 106 cm³/mol. The highest BCUT2D eigenvalue weighted by atomic mass is 16.8. The number of aliphatic carboxylic acids is 1. The topological polar surface area (TPSA) is 65.0 Å². The van der Waals surface area contributed by atoms with Crippen LogP contribution in [0.15, 0.2) is 0 Å². The molecule has 2 aliphatic carbocycles. The van der Waals surface area contributed by atoms with Crippen molar-refractivity contribution in [2.75, 3.05) is 6.61 Å². The Morgan fingerprint density at radius 1 is 1.00 bits per heavy atom. The summed E-state index contributed by atoms with van der Waals surface area (Å²) < 4.78 is 19.1. The van der Waals surface area contributed by atoms with Crippen molar-refractivity contribution >= 4 is 5.97 Å². The molecule has 0 spiro atoms. The first-order valence-electron chi connectivity index (χ1n) is 11.6. The molecule has 2 heterocycles. The molecule has 2 saturated heterocycles. The predicted octanol–water partition coefficient (Wildman–Crippen LogP) is 4.69. The van der Waals surface area contributed by atoms with E-state index in [0.717, 1.165) is 38.0 Å². The number of carboxylic acids is 1. The number of ether oxygens (including phenoxy) is 3. The molecule has 1 N–H and O–H groups in total. The molecule has 0 aromatic heterocycles. The SMILES string of the molecule is CC1CC[C@@H]2C3[C@@H](O1)O[C@H](OC[C@H]1CCC[C@@H](C(=O)O)C1)[C@H](C)[C@@H]3CC[C@H]2C. The van der Waals surface area contributed by atoms with E-state index in [9.17, 15) is 9.90 Å². The Balaban J connectivity index is 1.41.